The summed E-state index contributed by atoms with van der Waals surface area (Å²) in [6, 6.07) is 0. The molecular weight excluding hydrogens is 226 g/mol. The average molecular weight is 238 g/mol. The topological polar surface area (TPSA) is 85.2 Å². The van der Waals surface area contributed by atoms with Gasteiger partial charge in [0.15, 0.2) is 0 Å². The fraction of sp³-hybridized carbons (Fsp3) is 1.00. The molecule has 0 aromatic rings. The number of hydrogen-bond donors (Lipinski definition) is 2. The van der Waals surface area contributed by atoms with Gasteiger partial charge in [-0.3, -0.25) is 0 Å². The van der Waals surface area contributed by atoms with Crippen LogP contribution in [0.3, 0.4) is 0 Å². The standard InChI is InChI=1S/C3H12O6P2S/c1-7-10(2,4)8-11(5,6)9-12-3/h4,10H,1-3H3,(H,5,6). The van der Waals surface area contributed by atoms with E-state index in [9.17, 15) is 4.57 Å². The van der Waals surface area contributed by atoms with Gasteiger partial charge in [-0.15, -0.1) is 0 Å². The Morgan fingerprint density at radius 3 is 2.42 bits per heavy atom. The molecule has 0 aromatic carbocycles. The summed E-state index contributed by atoms with van der Waals surface area (Å²) >= 11 is 0.677. The van der Waals surface area contributed by atoms with Crippen LogP contribution >= 0.6 is 27.8 Å². The zero-order valence-electron chi connectivity index (χ0n) is 6.88. The van der Waals surface area contributed by atoms with E-state index in [0.717, 1.165) is 0 Å². The van der Waals surface area contributed by atoms with Gasteiger partial charge >= 0.3 is 75.0 Å². The average Bonchev–Trinajstić information content (AvgIpc) is 1.85. The second-order valence-electron chi connectivity index (χ2n) is 1.90. The van der Waals surface area contributed by atoms with E-state index in [-0.39, 0.29) is 0 Å². The third-order valence-electron chi connectivity index (χ3n) is 0.832. The molecule has 0 heterocycles. The molecule has 9 heteroatoms. The third-order valence-corrected chi connectivity index (χ3v) is 5.22. The fourth-order valence-corrected chi connectivity index (χ4v) is 3.52. The van der Waals surface area contributed by atoms with E-state index >= 15 is 0 Å². The normalized spacial score (nSPS) is 18.8. The summed E-state index contributed by atoms with van der Waals surface area (Å²) in [6.45, 7) is 1.21. The summed E-state index contributed by atoms with van der Waals surface area (Å²) in [5, 5.41) is 0. The van der Waals surface area contributed by atoms with Gasteiger partial charge in [0.1, 0.15) is 0 Å². The summed E-state index contributed by atoms with van der Waals surface area (Å²) in [4.78, 5) is 18.0. The molecule has 0 saturated heterocycles. The van der Waals surface area contributed by atoms with Gasteiger partial charge in [-0.2, -0.15) is 0 Å². The van der Waals surface area contributed by atoms with Crippen molar-refractivity contribution in [2.45, 2.75) is 0 Å². The zero-order chi connectivity index (χ0) is 9.83. The molecule has 0 fully saturated rings. The van der Waals surface area contributed by atoms with Crippen molar-refractivity contribution >= 4 is 27.8 Å². The van der Waals surface area contributed by atoms with Crippen LogP contribution in [0.25, 0.3) is 0 Å². The predicted octanol–water partition coefficient (Wildman–Crippen LogP) is 1.16. The van der Waals surface area contributed by atoms with Crippen molar-refractivity contribution in [2.24, 2.45) is 0 Å². The molecule has 0 aliphatic carbocycles. The van der Waals surface area contributed by atoms with Crippen molar-refractivity contribution in [3.63, 3.8) is 0 Å². The van der Waals surface area contributed by atoms with E-state index in [1.807, 2.05) is 0 Å². The summed E-state index contributed by atoms with van der Waals surface area (Å²) in [6.07, 6.45) is 1.45. The van der Waals surface area contributed by atoms with Crippen LogP contribution in [0.4, 0.5) is 0 Å². The molecule has 0 radical (unpaired) electrons. The minimum atomic E-state index is -4.18. The first-order chi connectivity index (χ1) is 5.33. The molecule has 0 amide bonds. The van der Waals surface area contributed by atoms with Gasteiger partial charge in [0.05, 0.1) is 0 Å². The second-order valence-corrected chi connectivity index (χ2v) is 6.70. The molecule has 1 atom stereocenters. The minimum absolute atomic E-state index is 0.677. The first kappa shape index (κ1) is 12.8. The summed E-state index contributed by atoms with van der Waals surface area (Å²) in [5.41, 5.74) is 0. The van der Waals surface area contributed by atoms with E-state index in [4.69, 9.17) is 9.79 Å². The molecule has 0 rings (SSSR count). The molecule has 0 saturated carbocycles. The Morgan fingerprint density at radius 2 is 2.08 bits per heavy atom. The van der Waals surface area contributed by atoms with Crippen LogP contribution in [0, 0.1) is 0 Å². The van der Waals surface area contributed by atoms with E-state index in [0.29, 0.717) is 12.0 Å². The molecular formula is C3H12O6P2S. The Bertz CT molecular complexity index is 184. The Labute approximate surface area is 75.6 Å². The van der Waals surface area contributed by atoms with Crippen molar-refractivity contribution in [1.82, 2.24) is 0 Å². The van der Waals surface area contributed by atoms with E-state index in [1.54, 1.807) is 0 Å². The molecule has 0 aliphatic heterocycles. The van der Waals surface area contributed by atoms with Gasteiger partial charge < -0.3 is 0 Å². The van der Waals surface area contributed by atoms with Gasteiger partial charge in [-0.25, -0.2) is 0 Å². The molecule has 76 valence electrons. The number of hydrogen-bond acceptors (Lipinski definition) is 6. The molecule has 1 unspecified atom stereocenters. The van der Waals surface area contributed by atoms with Gasteiger partial charge in [0.2, 0.25) is 0 Å². The summed E-state index contributed by atoms with van der Waals surface area (Å²) in [5.74, 6) is 0. The van der Waals surface area contributed by atoms with Crippen LogP contribution in [-0.4, -0.2) is 29.8 Å². The second kappa shape index (κ2) is 4.88. The van der Waals surface area contributed by atoms with Crippen molar-refractivity contribution in [3.8, 4) is 0 Å². The molecule has 0 bridgehead atoms. The van der Waals surface area contributed by atoms with Gasteiger partial charge in [-0.05, 0) is 0 Å². The molecule has 0 aliphatic rings. The molecule has 6 nitrogen and oxygen atoms in total. The Kier molecular flexibility index (Phi) is 5.21. The van der Waals surface area contributed by atoms with Crippen LogP contribution < -0.4 is 0 Å². The van der Waals surface area contributed by atoms with Crippen molar-refractivity contribution in [3.05, 3.63) is 0 Å². The number of rotatable bonds is 5. The van der Waals surface area contributed by atoms with E-state index in [1.165, 1.54) is 20.0 Å². The predicted molar refractivity (Wildman–Crippen MR) is 49.0 cm³/mol. The fourth-order valence-electron chi connectivity index (χ4n) is 0.361. The van der Waals surface area contributed by atoms with Crippen molar-refractivity contribution in [2.75, 3.05) is 20.0 Å². The Morgan fingerprint density at radius 1 is 1.58 bits per heavy atom. The number of phosphoric acid groups is 1. The molecule has 0 aromatic heterocycles. The zero-order valence-corrected chi connectivity index (χ0v) is 9.59. The molecule has 12 heavy (non-hydrogen) atoms. The molecule has 0 spiro atoms. The van der Waals surface area contributed by atoms with Gasteiger partial charge in [0, 0.05) is 0 Å². The van der Waals surface area contributed by atoms with E-state index in [2.05, 4.69) is 12.8 Å². The third kappa shape index (κ3) is 5.45. The maximum atomic E-state index is 10.9. The monoisotopic (exact) mass is 238 g/mol. The Hall–Kier alpha value is 0.810. The van der Waals surface area contributed by atoms with E-state index < -0.39 is 15.8 Å². The van der Waals surface area contributed by atoms with Crippen LogP contribution in [0.15, 0.2) is 0 Å². The van der Waals surface area contributed by atoms with Gasteiger partial charge in [0.25, 0.3) is 0 Å². The quantitative estimate of drug-likeness (QED) is 0.549. The van der Waals surface area contributed by atoms with Crippen molar-refractivity contribution in [1.29, 1.82) is 0 Å². The summed E-state index contributed by atoms with van der Waals surface area (Å²) in [7, 11) is -6.50. The van der Waals surface area contributed by atoms with Crippen LogP contribution in [0.1, 0.15) is 0 Å². The van der Waals surface area contributed by atoms with Crippen LogP contribution in [0.2, 0.25) is 0 Å². The summed E-state index contributed by atoms with van der Waals surface area (Å²) < 4.78 is 24.0. The first-order valence-corrected chi connectivity index (χ1v) is 7.77. The van der Waals surface area contributed by atoms with Crippen LogP contribution in [0.5, 0.6) is 0 Å². The van der Waals surface area contributed by atoms with Crippen LogP contribution in [-0.2, 0) is 17.4 Å². The molecule has 2 N–H and O–H groups in total. The first-order valence-electron chi connectivity index (χ1n) is 2.86. The van der Waals surface area contributed by atoms with Gasteiger partial charge in [-0.1, -0.05) is 0 Å². The SMILES string of the molecule is CO[PH](C)(O)OP(=O)(O)OSC. The van der Waals surface area contributed by atoms with Crippen molar-refractivity contribution < 1.29 is 27.2 Å². The Balaban J connectivity index is 4.14. The maximum absolute atomic E-state index is 10.9.